The van der Waals surface area contributed by atoms with Gasteiger partial charge in [0.2, 0.25) is 0 Å². The van der Waals surface area contributed by atoms with Gasteiger partial charge in [-0.3, -0.25) is 0 Å². The van der Waals surface area contributed by atoms with Crippen LogP contribution in [0.25, 0.3) is 10.8 Å². The highest BCUT2D eigenvalue weighted by Crippen LogP contribution is 2.21. The van der Waals surface area contributed by atoms with Crippen LogP contribution in [0.1, 0.15) is 12.6 Å². The second kappa shape index (κ2) is 5.59. The van der Waals surface area contributed by atoms with E-state index in [0.29, 0.717) is 0 Å². The zero-order valence-electron chi connectivity index (χ0n) is 10.3. The Labute approximate surface area is 101 Å². The maximum absolute atomic E-state index is 4.22. The lowest BCUT2D eigenvalue weighted by molar-refractivity contribution is 0.737. The summed E-state index contributed by atoms with van der Waals surface area (Å²) in [4.78, 5) is 0. The standard InChI is InChI=1S/C13H18N4/c1-3-14-8-9-15-13-12-7-5-4-6-11(12)10(2)16-17-13/h4-7,14H,3,8-9H2,1-2H3,(H,15,17). The predicted molar refractivity (Wildman–Crippen MR) is 71.3 cm³/mol. The fourth-order valence-electron chi connectivity index (χ4n) is 1.81. The number of anilines is 1. The molecule has 2 aromatic rings. The van der Waals surface area contributed by atoms with Crippen molar-refractivity contribution in [2.24, 2.45) is 0 Å². The van der Waals surface area contributed by atoms with Crippen LogP contribution >= 0.6 is 0 Å². The Kier molecular flexibility index (Phi) is 3.88. The number of aromatic nitrogens is 2. The average molecular weight is 230 g/mol. The van der Waals surface area contributed by atoms with E-state index >= 15 is 0 Å². The second-order valence-corrected chi connectivity index (χ2v) is 3.96. The molecule has 0 spiro atoms. The lowest BCUT2D eigenvalue weighted by Gasteiger charge is -2.09. The third kappa shape index (κ3) is 2.71. The van der Waals surface area contributed by atoms with Crippen LogP contribution in [0, 0.1) is 6.92 Å². The highest BCUT2D eigenvalue weighted by molar-refractivity contribution is 5.92. The predicted octanol–water partition coefficient (Wildman–Crippen LogP) is 1.96. The zero-order valence-corrected chi connectivity index (χ0v) is 10.3. The Morgan fingerprint density at radius 3 is 2.59 bits per heavy atom. The molecule has 0 fully saturated rings. The van der Waals surface area contributed by atoms with Crippen molar-refractivity contribution in [1.29, 1.82) is 0 Å². The van der Waals surface area contributed by atoms with Gasteiger partial charge < -0.3 is 10.6 Å². The quantitative estimate of drug-likeness (QED) is 0.771. The number of nitrogens with zero attached hydrogens (tertiary/aromatic N) is 2. The van der Waals surface area contributed by atoms with Crippen LogP contribution in [-0.4, -0.2) is 29.8 Å². The minimum Gasteiger partial charge on any atom is -0.367 e. The van der Waals surface area contributed by atoms with Crippen molar-refractivity contribution >= 4 is 16.6 Å². The molecule has 0 bridgehead atoms. The summed E-state index contributed by atoms with van der Waals surface area (Å²) in [6, 6.07) is 8.21. The number of hydrogen-bond acceptors (Lipinski definition) is 4. The van der Waals surface area contributed by atoms with Crippen LogP contribution in [0.3, 0.4) is 0 Å². The summed E-state index contributed by atoms with van der Waals surface area (Å²) in [6.45, 7) is 6.86. The van der Waals surface area contributed by atoms with E-state index in [9.17, 15) is 0 Å². The molecule has 17 heavy (non-hydrogen) atoms. The molecule has 0 amide bonds. The number of likely N-dealkylation sites (N-methyl/N-ethyl adjacent to an activating group) is 1. The summed E-state index contributed by atoms with van der Waals surface area (Å²) in [6.07, 6.45) is 0. The molecule has 4 heteroatoms. The smallest absolute Gasteiger partial charge is 0.156 e. The Bertz CT molecular complexity index is 496. The molecule has 1 aromatic heterocycles. The van der Waals surface area contributed by atoms with E-state index in [0.717, 1.165) is 41.9 Å². The topological polar surface area (TPSA) is 49.8 Å². The maximum Gasteiger partial charge on any atom is 0.156 e. The fourth-order valence-corrected chi connectivity index (χ4v) is 1.81. The monoisotopic (exact) mass is 230 g/mol. The average Bonchev–Trinajstić information content (AvgIpc) is 2.37. The van der Waals surface area contributed by atoms with Crippen LogP contribution < -0.4 is 10.6 Å². The van der Waals surface area contributed by atoms with Crippen LogP contribution in [-0.2, 0) is 0 Å². The first-order chi connectivity index (χ1) is 8.33. The van der Waals surface area contributed by atoms with E-state index in [2.05, 4.69) is 39.9 Å². The zero-order chi connectivity index (χ0) is 12.1. The first-order valence-electron chi connectivity index (χ1n) is 5.99. The van der Waals surface area contributed by atoms with Gasteiger partial charge in [0.05, 0.1) is 5.69 Å². The van der Waals surface area contributed by atoms with Gasteiger partial charge in [0.1, 0.15) is 0 Å². The lowest BCUT2D eigenvalue weighted by Crippen LogP contribution is -2.22. The first kappa shape index (κ1) is 11.8. The van der Waals surface area contributed by atoms with Gasteiger partial charge in [-0.1, -0.05) is 31.2 Å². The number of benzene rings is 1. The second-order valence-electron chi connectivity index (χ2n) is 3.96. The van der Waals surface area contributed by atoms with Gasteiger partial charge in [-0.25, -0.2) is 0 Å². The molecule has 0 aliphatic rings. The van der Waals surface area contributed by atoms with Gasteiger partial charge >= 0.3 is 0 Å². The molecule has 2 rings (SSSR count). The van der Waals surface area contributed by atoms with Crippen molar-refractivity contribution in [3.63, 3.8) is 0 Å². The van der Waals surface area contributed by atoms with Gasteiger partial charge in [-0.2, -0.15) is 5.10 Å². The van der Waals surface area contributed by atoms with Crippen molar-refractivity contribution in [3.8, 4) is 0 Å². The van der Waals surface area contributed by atoms with Crippen molar-refractivity contribution in [2.75, 3.05) is 25.0 Å². The Morgan fingerprint density at radius 2 is 1.82 bits per heavy atom. The van der Waals surface area contributed by atoms with Crippen molar-refractivity contribution in [2.45, 2.75) is 13.8 Å². The third-order valence-electron chi connectivity index (χ3n) is 2.72. The summed E-state index contributed by atoms with van der Waals surface area (Å²) >= 11 is 0. The molecule has 0 aliphatic carbocycles. The largest absolute Gasteiger partial charge is 0.367 e. The molecule has 0 atom stereocenters. The summed E-state index contributed by atoms with van der Waals surface area (Å²) < 4.78 is 0. The van der Waals surface area contributed by atoms with Crippen LogP contribution in [0.15, 0.2) is 24.3 Å². The summed E-state index contributed by atoms with van der Waals surface area (Å²) in [5, 5.41) is 17.3. The van der Waals surface area contributed by atoms with E-state index in [1.807, 2.05) is 19.1 Å². The molecule has 4 nitrogen and oxygen atoms in total. The van der Waals surface area contributed by atoms with E-state index in [1.165, 1.54) is 0 Å². The number of aryl methyl sites for hydroxylation is 1. The molecule has 0 aliphatic heterocycles. The Hall–Kier alpha value is -1.68. The molecule has 1 heterocycles. The van der Waals surface area contributed by atoms with Crippen molar-refractivity contribution in [1.82, 2.24) is 15.5 Å². The van der Waals surface area contributed by atoms with E-state index in [-0.39, 0.29) is 0 Å². The van der Waals surface area contributed by atoms with Gasteiger partial charge in [0.15, 0.2) is 5.82 Å². The maximum atomic E-state index is 4.22. The van der Waals surface area contributed by atoms with E-state index in [4.69, 9.17) is 0 Å². The number of hydrogen-bond donors (Lipinski definition) is 2. The Balaban J connectivity index is 2.20. The normalized spacial score (nSPS) is 10.7. The minimum atomic E-state index is 0.857. The molecule has 0 saturated carbocycles. The molecule has 0 saturated heterocycles. The van der Waals surface area contributed by atoms with Crippen LogP contribution in [0.2, 0.25) is 0 Å². The number of rotatable bonds is 5. The van der Waals surface area contributed by atoms with Crippen LogP contribution in [0.5, 0.6) is 0 Å². The van der Waals surface area contributed by atoms with Gasteiger partial charge in [0, 0.05) is 23.9 Å². The molecule has 2 N–H and O–H groups in total. The highest BCUT2D eigenvalue weighted by Gasteiger charge is 2.04. The molecular weight excluding hydrogens is 212 g/mol. The molecule has 1 aromatic carbocycles. The fraction of sp³-hybridized carbons (Fsp3) is 0.385. The number of nitrogens with one attached hydrogen (secondary N) is 2. The molecule has 90 valence electrons. The minimum absolute atomic E-state index is 0.857. The van der Waals surface area contributed by atoms with E-state index < -0.39 is 0 Å². The lowest BCUT2D eigenvalue weighted by atomic mass is 10.1. The third-order valence-corrected chi connectivity index (χ3v) is 2.72. The van der Waals surface area contributed by atoms with Gasteiger partial charge in [-0.15, -0.1) is 5.10 Å². The summed E-state index contributed by atoms with van der Waals surface area (Å²) in [7, 11) is 0. The number of fused-ring (bicyclic) bond motifs is 1. The molecule has 0 unspecified atom stereocenters. The summed E-state index contributed by atoms with van der Waals surface area (Å²) in [5.41, 5.74) is 0.970. The van der Waals surface area contributed by atoms with Crippen LogP contribution in [0.4, 0.5) is 5.82 Å². The highest BCUT2D eigenvalue weighted by atomic mass is 15.2. The summed E-state index contributed by atoms with van der Waals surface area (Å²) in [5.74, 6) is 0.865. The van der Waals surface area contributed by atoms with Gasteiger partial charge in [0.25, 0.3) is 0 Å². The Morgan fingerprint density at radius 1 is 1.06 bits per heavy atom. The van der Waals surface area contributed by atoms with Gasteiger partial charge in [-0.05, 0) is 13.5 Å². The first-order valence-corrected chi connectivity index (χ1v) is 5.99. The van der Waals surface area contributed by atoms with Crippen molar-refractivity contribution in [3.05, 3.63) is 30.0 Å². The molecular formula is C13H18N4. The van der Waals surface area contributed by atoms with E-state index in [1.54, 1.807) is 0 Å². The van der Waals surface area contributed by atoms with Crippen molar-refractivity contribution < 1.29 is 0 Å². The molecule has 0 radical (unpaired) electrons. The SMILES string of the molecule is CCNCCNc1nnc(C)c2ccccc12.